The van der Waals surface area contributed by atoms with E-state index in [1.54, 1.807) is 18.7 Å². The van der Waals surface area contributed by atoms with Gasteiger partial charge in [0.1, 0.15) is 11.5 Å². The number of furan rings is 1. The quantitative estimate of drug-likeness (QED) is 0.836. The van der Waals surface area contributed by atoms with Crippen LogP contribution in [-0.2, 0) is 6.42 Å². The summed E-state index contributed by atoms with van der Waals surface area (Å²) in [6, 6.07) is 4.42. The third kappa shape index (κ3) is 4.45. The van der Waals surface area contributed by atoms with Gasteiger partial charge in [0.15, 0.2) is 0 Å². The smallest absolute Gasteiger partial charge is 0.274 e. The predicted octanol–water partition coefficient (Wildman–Crippen LogP) is 2.55. The lowest BCUT2D eigenvalue weighted by atomic mass is 10.1. The molecule has 134 valence electrons. The Balaban J connectivity index is 1.61. The average molecular weight is 342 g/mol. The second-order valence-electron chi connectivity index (χ2n) is 6.57. The first kappa shape index (κ1) is 17.6. The van der Waals surface area contributed by atoms with Crippen molar-refractivity contribution in [2.45, 2.75) is 39.2 Å². The molecule has 1 amide bonds. The molecule has 6 heteroatoms. The maximum Gasteiger partial charge on any atom is 0.274 e. The first-order valence-corrected chi connectivity index (χ1v) is 9.01. The van der Waals surface area contributed by atoms with E-state index in [1.807, 2.05) is 24.0 Å². The maximum atomic E-state index is 12.7. The van der Waals surface area contributed by atoms with Gasteiger partial charge in [0.25, 0.3) is 5.91 Å². The first-order valence-electron chi connectivity index (χ1n) is 9.01. The van der Waals surface area contributed by atoms with Crippen LogP contribution in [0.4, 0.5) is 0 Å². The zero-order valence-corrected chi connectivity index (χ0v) is 15.0. The molecule has 0 saturated carbocycles. The monoisotopic (exact) mass is 342 g/mol. The zero-order chi connectivity index (χ0) is 17.6. The molecule has 25 heavy (non-hydrogen) atoms. The number of hydrogen-bond acceptors (Lipinski definition) is 5. The number of hydrogen-bond donors (Lipinski definition) is 0. The van der Waals surface area contributed by atoms with E-state index < -0.39 is 0 Å². The largest absolute Gasteiger partial charge is 0.469 e. The second kappa shape index (κ2) is 8.25. The maximum absolute atomic E-state index is 12.7. The number of amides is 1. The van der Waals surface area contributed by atoms with E-state index in [-0.39, 0.29) is 5.91 Å². The van der Waals surface area contributed by atoms with Crippen molar-refractivity contribution in [3.63, 3.8) is 0 Å². The minimum Gasteiger partial charge on any atom is -0.469 e. The molecule has 2 aromatic rings. The van der Waals surface area contributed by atoms with Gasteiger partial charge in [0, 0.05) is 44.8 Å². The fourth-order valence-electron chi connectivity index (χ4n) is 3.36. The van der Waals surface area contributed by atoms with Crippen LogP contribution in [0, 0.1) is 6.92 Å². The van der Waals surface area contributed by atoms with Gasteiger partial charge >= 0.3 is 0 Å². The van der Waals surface area contributed by atoms with Crippen molar-refractivity contribution >= 4 is 5.91 Å². The molecular weight excluding hydrogens is 316 g/mol. The molecule has 0 N–H and O–H groups in total. The van der Waals surface area contributed by atoms with Crippen molar-refractivity contribution < 1.29 is 9.21 Å². The van der Waals surface area contributed by atoms with Crippen LogP contribution in [-0.4, -0.2) is 57.9 Å². The molecule has 6 nitrogen and oxygen atoms in total. The zero-order valence-electron chi connectivity index (χ0n) is 15.0. The van der Waals surface area contributed by atoms with Crippen molar-refractivity contribution in [3.05, 3.63) is 47.9 Å². The number of aromatic nitrogens is 2. The molecule has 3 heterocycles. The van der Waals surface area contributed by atoms with Gasteiger partial charge in [0.05, 0.1) is 18.2 Å². The summed E-state index contributed by atoms with van der Waals surface area (Å²) in [7, 11) is 0. The lowest BCUT2D eigenvalue weighted by molar-refractivity contribution is 0.0751. The molecule has 3 rings (SSSR count). The van der Waals surface area contributed by atoms with Crippen molar-refractivity contribution in [2.75, 3.05) is 26.2 Å². The normalized spacial score (nSPS) is 17.3. The Morgan fingerprint density at radius 2 is 2.12 bits per heavy atom. The molecule has 0 bridgehead atoms. The van der Waals surface area contributed by atoms with Crippen molar-refractivity contribution in [1.29, 1.82) is 0 Å². The molecule has 1 fully saturated rings. The molecule has 0 aromatic carbocycles. The van der Waals surface area contributed by atoms with Crippen LogP contribution in [0.3, 0.4) is 0 Å². The van der Waals surface area contributed by atoms with Gasteiger partial charge in [-0.1, -0.05) is 6.92 Å². The highest BCUT2D eigenvalue weighted by molar-refractivity contribution is 5.92. The van der Waals surface area contributed by atoms with Crippen LogP contribution in [0.25, 0.3) is 0 Å². The highest BCUT2D eigenvalue weighted by Gasteiger charge is 2.25. The lowest BCUT2D eigenvalue weighted by Gasteiger charge is -2.29. The van der Waals surface area contributed by atoms with Crippen molar-refractivity contribution in [3.8, 4) is 0 Å². The minimum atomic E-state index is -0.0200. The second-order valence-corrected chi connectivity index (χ2v) is 6.57. The fraction of sp³-hybridized carbons (Fsp3) is 0.526. The summed E-state index contributed by atoms with van der Waals surface area (Å²) in [5.74, 6) is 1.01. The van der Waals surface area contributed by atoms with E-state index in [1.165, 1.54) is 0 Å². The fourth-order valence-corrected chi connectivity index (χ4v) is 3.36. The molecule has 1 unspecified atom stereocenters. The summed E-state index contributed by atoms with van der Waals surface area (Å²) in [4.78, 5) is 25.5. The van der Waals surface area contributed by atoms with Gasteiger partial charge < -0.3 is 9.32 Å². The molecule has 1 aliphatic rings. The minimum absolute atomic E-state index is 0.0200. The van der Waals surface area contributed by atoms with Gasteiger partial charge in [-0.2, -0.15) is 0 Å². The summed E-state index contributed by atoms with van der Waals surface area (Å²) in [5, 5.41) is 0. The van der Waals surface area contributed by atoms with E-state index in [2.05, 4.69) is 21.8 Å². The number of rotatable bonds is 5. The third-order valence-corrected chi connectivity index (χ3v) is 4.82. The molecule has 1 aliphatic heterocycles. The van der Waals surface area contributed by atoms with Gasteiger partial charge in [0.2, 0.25) is 0 Å². The third-order valence-electron chi connectivity index (χ3n) is 4.82. The SMILES string of the molecule is CCC(Cc1ccco1)N1CCCN(C(=O)c2cnc(C)cn2)CC1. The van der Waals surface area contributed by atoms with Crippen LogP contribution in [0.2, 0.25) is 0 Å². The van der Waals surface area contributed by atoms with Crippen molar-refractivity contribution in [1.82, 2.24) is 19.8 Å². The Morgan fingerprint density at radius 1 is 1.24 bits per heavy atom. The van der Waals surface area contributed by atoms with E-state index in [0.29, 0.717) is 11.7 Å². The lowest BCUT2D eigenvalue weighted by Crippen LogP contribution is -2.40. The summed E-state index contributed by atoms with van der Waals surface area (Å²) in [6.45, 7) is 7.45. The molecule has 0 aliphatic carbocycles. The Bertz CT molecular complexity index is 669. The highest BCUT2D eigenvalue weighted by atomic mass is 16.3. The van der Waals surface area contributed by atoms with Crippen LogP contribution in [0.15, 0.2) is 35.2 Å². The molecule has 2 aromatic heterocycles. The number of nitrogens with zero attached hydrogens (tertiary/aromatic N) is 4. The van der Waals surface area contributed by atoms with E-state index in [4.69, 9.17) is 4.42 Å². The Labute approximate surface area is 148 Å². The summed E-state index contributed by atoms with van der Waals surface area (Å²) >= 11 is 0. The highest BCUT2D eigenvalue weighted by Crippen LogP contribution is 2.16. The van der Waals surface area contributed by atoms with E-state index >= 15 is 0 Å². The summed E-state index contributed by atoms with van der Waals surface area (Å²) < 4.78 is 5.51. The van der Waals surface area contributed by atoms with Crippen LogP contribution in [0.5, 0.6) is 0 Å². The van der Waals surface area contributed by atoms with Gasteiger partial charge in [-0.25, -0.2) is 4.98 Å². The Morgan fingerprint density at radius 3 is 2.80 bits per heavy atom. The first-order chi connectivity index (χ1) is 12.2. The Hall–Kier alpha value is -2.21. The van der Waals surface area contributed by atoms with Crippen molar-refractivity contribution in [2.24, 2.45) is 0 Å². The van der Waals surface area contributed by atoms with Gasteiger partial charge in [-0.05, 0) is 31.9 Å². The topological polar surface area (TPSA) is 62.5 Å². The molecule has 0 spiro atoms. The van der Waals surface area contributed by atoms with E-state index in [0.717, 1.165) is 56.9 Å². The summed E-state index contributed by atoms with van der Waals surface area (Å²) in [6.07, 6.45) is 7.91. The average Bonchev–Trinajstić information content (AvgIpc) is 3.02. The molecule has 1 atom stereocenters. The standard InChI is InChI=1S/C19H26N4O2/c1-3-16(12-17-6-4-11-25-17)22-7-5-8-23(10-9-22)19(24)18-14-20-15(2)13-21-18/h4,6,11,13-14,16H,3,5,7-10,12H2,1-2H3. The number of carbonyl (C=O) groups is 1. The van der Waals surface area contributed by atoms with Crippen LogP contribution >= 0.6 is 0 Å². The number of aryl methyl sites for hydroxylation is 1. The molecule has 1 saturated heterocycles. The van der Waals surface area contributed by atoms with Crippen LogP contribution in [0.1, 0.15) is 41.7 Å². The van der Waals surface area contributed by atoms with Gasteiger partial charge in [-0.3, -0.25) is 14.7 Å². The van der Waals surface area contributed by atoms with Gasteiger partial charge in [-0.15, -0.1) is 0 Å². The number of carbonyl (C=O) groups excluding carboxylic acids is 1. The molecule has 0 radical (unpaired) electrons. The predicted molar refractivity (Wildman–Crippen MR) is 95.4 cm³/mol. The molecular formula is C19H26N4O2. The van der Waals surface area contributed by atoms with E-state index in [9.17, 15) is 4.79 Å². The van der Waals surface area contributed by atoms with Crippen LogP contribution < -0.4 is 0 Å². The summed E-state index contributed by atoms with van der Waals surface area (Å²) in [5.41, 5.74) is 1.25. The Kier molecular flexibility index (Phi) is 5.81.